The van der Waals surface area contributed by atoms with E-state index >= 15 is 0 Å². The van der Waals surface area contributed by atoms with Gasteiger partial charge in [-0.2, -0.15) is 0 Å². The van der Waals surface area contributed by atoms with E-state index in [4.69, 9.17) is 4.74 Å². The van der Waals surface area contributed by atoms with E-state index < -0.39 is 17.5 Å². The maximum Gasteiger partial charge on any atom is 0.314 e. The normalized spacial score (nSPS) is 29.9. The third-order valence-electron chi connectivity index (χ3n) is 17.6. The molecule has 5 saturated carbocycles. The number of carbonyl (C=O) groups excluding carboxylic acids is 1. The van der Waals surface area contributed by atoms with Crippen LogP contribution in [0, 0.1) is 71.7 Å². The highest BCUT2D eigenvalue weighted by molar-refractivity contribution is 5.75. The summed E-state index contributed by atoms with van der Waals surface area (Å²) in [7, 11) is 0. The Morgan fingerprint density at radius 2 is 0.875 bits per heavy atom. The molecule has 0 N–H and O–H groups in total. The Hall–Kier alpha value is -3.08. The van der Waals surface area contributed by atoms with E-state index in [9.17, 15) is 18.0 Å². The van der Waals surface area contributed by atoms with Crippen LogP contribution < -0.4 is 4.74 Å². The molecule has 2 nitrogen and oxygen atoms in total. The van der Waals surface area contributed by atoms with Gasteiger partial charge in [0.2, 0.25) is 0 Å². The lowest BCUT2D eigenvalue weighted by atomic mass is 9.68. The highest BCUT2D eigenvalue weighted by Crippen LogP contribution is 2.46. The van der Waals surface area contributed by atoms with Gasteiger partial charge in [-0.1, -0.05) is 109 Å². The number of esters is 1. The van der Waals surface area contributed by atoms with Gasteiger partial charge in [-0.15, -0.1) is 0 Å². The molecule has 0 amide bonds. The summed E-state index contributed by atoms with van der Waals surface area (Å²) in [6.45, 7) is 8.30. The van der Waals surface area contributed by atoms with E-state index in [1.165, 1.54) is 166 Å². The summed E-state index contributed by atoms with van der Waals surface area (Å²) in [5.41, 5.74) is 2.95. The predicted molar refractivity (Wildman–Crippen MR) is 259 cm³/mol. The minimum atomic E-state index is -0.638. The quantitative estimate of drug-likeness (QED) is 0.126. The first-order valence-corrected chi connectivity index (χ1v) is 26.7. The minimum absolute atomic E-state index is 0.00734. The maximum absolute atomic E-state index is 14.9. The molecule has 0 heterocycles. The molecule has 0 atom stereocenters. The monoisotopic (exact) mass is 881 g/mol. The molecule has 0 bridgehead atoms. The van der Waals surface area contributed by atoms with E-state index in [0.717, 1.165) is 78.4 Å². The summed E-state index contributed by atoms with van der Waals surface area (Å²) in [5.74, 6) is 6.63. The van der Waals surface area contributed by atoms with Gasteiger partial charge in [-0.25, -0.2) is 13.2 Å². The smallest absolute Gasteiger partial charge is 0.314 e. The van der Waals surface area contributed by atoms with Gasteiger partial charge in [-0.05, 0) is 210 Å². The number of benzene rings is 3. The largest absolute Gasteiger partial charge is 0.426 e. The van der Waals surface area contributed by atoms with Gasteiger partial charge in [0.25, 0.3) is 0 Å². The number of rotatable bonds is 13. The van der Waals surface area contributed by atoms with Crippen LogP contribution in [-0.4, -0.2) is 5.97 Å². The van der Waals surface area contributed by atoms with Crippen molar-refractivity contribution in [1.82, 2.24) is 0 Å². The van der Waals surface area contributed by atoms with Crippen LogP contribution in [0.25, 0.3) is 11.1 Å². The van der Waals surface area contributed by atoms with Gasteiger partial charge >= 0.3 is 5.97 Å². The van der Waals surface area contributed by atoms with E-state index in [-0.39, 0.29) is 28.6 Å². The van der Waals surface area contributed by atoms with Crippen LogP contribution in [0.1, 0.15) is 216 Å². The van der Waals surface area contributed by atoms with Crippen molar-refractivity contribution in [2.45, 2.75) is 206 Å². The second-order valence-electron chi connectivity index (χ2n) is 21.7. The molecular formula is C59H83F3O2. The van der Waals surface area contributed by atoms with Gasteiger partial charge in [0.15, 0.2) is 0 Å². The Morgan fingerprint density at radius 1 is 0.484 bits per heavy atom. The van der Waals surface area contributed by atoms with Crippen molar-refractivity contribution in [3.8, 4) is 16.9 Å². The third-order valence-corrected chi connectivity index (χ3v) is 17.6. The molecule has 5 aliphatic rings. The van der Waals surface area contributed by atoms with Crippen LogP contribution in [-0.2, 0) is 4.79 Å². The number of ether oxygens (including phenoxy) is 1. The highest BCUT2D eigenvalue weighted by Gasteiger charge is 2.34. The van der Waals surface area contributed by atoms with Crippen molar-refractivity contribution in [3.05, 3.63) is 88.7 Å². The van der Waals surface area contributed by atoms with Crippen LogP contribution in [0.15, 0.2) is 54.6 Å². The van der Waals surface area contributed by atoms with Crippen molar-refractivity contribution in [1.29, 1.82) is 0 Å². The van der Waals surface area contributed by atoms with Gasteiger partial charge < -0.3 is 4.74 Å². The number of halogens is 3. The SMILES string of the molecule is CCCC1CCC(C2CCC(c3ccc(-c4cc(F)c(C)c(F)c4)c(F)c3)CC2)CC1.CCCC1CCC(c2ccc(OC(=O)C3CCC(C4CCC(CCC)CC4)CC3)cc2)CC1. The molecule has 352 valence electrons. The Bertz CT molecular complexity index is 1840. The van der Waals surface area contributed by atoms with Gasteiger partial charge in [0, 0.05) is 11.1 Å². The van der Waals surface area contributed by atoms with Crippen LogP contribution in [0.5, 0.6) is 5.75 Å². The first-order valence-electron chi connectivity index (χ1n) is 26.7. The summed E-state index contributed by atoms with van der Waals surface area (Å²) in [4.78, 5) is 12.8. The van der Waals surface area contributed by atoms with Crippen molar-refractivity contribution in [2.24, 2.45) is 47.3 Å². The molecule has 3 aromatic carbocycles. The fourth-order valence-electron chi connectivity index (χ4n) is 13.5. The summed E-state index contributed by atoms with van der Waals surface area (Å²) < 4.78 is 48.5. The van der Waals surface area contributed by atoms with Crippen molar-refractivity contribution in [3.63, 3.8) is 0 Å². The molecule has 5 aliphatic carbocycles. The van der Waals surface area contributed by atoms with Crippen molar-refractivity contribution >= 4 is 5.97 Å². The summed E-state index contributed by atoms with van der Waals surface area (Å²) in [6.07, 6.45) is 34.1. The molecular weight excluding hydrogens is 798 g/mol. The van der Waals surface area contributed by atoms with Gasteiger partial charge in [-0.3, -0.25) is 4.79 Å². The standard InChI is InChI=1S/C31H48O2.C28H35F3/c1-3-5-23-7-11-25(12-8-23)27-15-17-29(18-16-27)31(32)33-30-21-19-28(20-22-30)26-13-9-24(6-4-2)10-14-26;1-3-4-19-5-7-20(8-6-19)21-9-11-22(12-10-21)23-13-14-25(28(31)15-23)24-16-26(29)18(2)27(30)17-24/h19-27,29H,3-18H2,1-2H3;13-17,19-22H,3-12H2,1-2H3. The Labute approximate surface area is 386 Å². The number of carbonyl (C=O) groups is 1. The number of hydrogen-bond donors (Lipinski definition) is 0. The average molecular weight is 881 g/mol. The van der Waals surface area contributed by atoms with Crippen LogP contribution >= 0.6 is 0 Å². The molecule has 5 fully saturated rings. The summed E-state index contributed by atoms with van der Waals surface area (Å²) in [5, 5.41) is 0. The second-order valence-corrected chi connectivity index (χ2v) is 21.7. The Morgan fingerprint density at radius 3 is 1.33 bits per heavy atom. The first-order chi connectivity index (χ1) is 31.1. The van der Waals surface area contributed by atoms with Crippen LogP contribution in [0.3, 0.4) is 0 Å². The van der Waals surface area contributed by atoms with E-state index in [0.29, 0.717) is 11.8 Å². The predicted octanol–water partition coefficient (Wildman–Crippen LogP) is 18.0. The summed E-state index contributed by atoms with van der Waals surface area (Å²) >= 11 is 0. The molecule has 64 heavy (non-hydrogen) atoms. The minimum Gasteiger partial charge on any atom is -0.426 e. The fourth-order valence-corrected chi connectivity index (χ4v) is 13.5. The molecule has 0 unspecified atom stereocenters. The third kappa shape index (κ3) is 13.1. The highest BCUT2D eigenvalue weighted by atomic mass is 19.1. The molecule has 8 rings (SSSR count). The molecule has 0 aromatic heterocycles. The van der Waals surface area contributed by atoms with Crippen molar-refractivity contribution in [2.75, 3.05) is 0 Å². The van der Waals surface area contributed by atoms with E-state index in [1.54, 1.807) is 12.1 Å². The van der Waals surface area contributed by atoms with Crippen molar-refractivity contribution < 1.29 is 22.7 Å². The van der Waals surface area contributed by atoms with Crippen LogP contribution in [0.2, 0.25) is 0 Å². The molecule has 3 aromatic rings. The lowest BCUT2D eigenvalue weighted by Gasteiger charge is -2.38. The topological polar surface area (TPSA) is 26.3 Å². The Balaban J connectivity index is 0.000000192. The zero-order chi connectivity index (χ0) is 45.0. The van der Waals surface area contributed by atoms with E-state index in [1.807, 2.05) is 18.2 Å². The molecule has 0 saturated heterocycles. The lowest BCUT2D eigenvalue weighted by molar-refractivity contribution is -0.140. The fraction of sp³-hybridized carbons (Fsp3) is 0.678. The Kier molecular flexibility index (Phi) is 18.4. The van der Waals surface area contributed by atoms with Gasteiger partial charge in [0.05, 0.1) is 5.92 Å². The zero-order valence-corrected chi connectivity index (χ0v) is 40.3. The zero-order valence-electron chi connectivity index (χ0n) is 40.3. The molecule has 5 heteroatoms. The maximum atomic E-state index is 14.9. The molecule has 0 aliphatic heterocycles. The van der Waals surface area contributed by atoms with E-state index in [2.05, 4.69) is 32.9 Å². The molecule has 0 spiro atoms. The first kappa shape index (κ1) is 48.8. The molecule has 0 radical (unpaired) electrons. The second kappa shape index (κ2) is 24.1. The van der Waals surface area contributed by atoms with Crippen LogP contribution in [0.4, 0.5) is 13.2 Å². The lowest BCUT2D eigenvalue weighted by Crippen LogP contribution is -2.30. The van der Waals surface area contributed by atoms with Gasteiger partial charge in [0.1, 0.15) is 23.2 Å². The average Bonchev–Trinajstić information content (AvgIpc) is 3.32. The summed E-state index contributed by atoms with van der Waals surface area (Å²) in [6, 6.07) is 16.2. The number of hydrogen-bond acceptors (Lipinski definition) is 2.